The fourth-order valence-electron chi connectivity index (χ4n) is 3.06. The van der Waals surface area contributed by atoms with Crippen molar-refractivity contribution in [1.82, 2.24) is 0 Å². The van der Waals surface area contributed by atoms with Crippen molar-refractivity contribution in [3.05, 3.63) is 77.2 Å². The van der Waals surface area contributed by atoms with Gasteiger partial charge >= 0.3 is 5.97 Å². The van der Waals surface area contributed by atoms with Crippen molar-refractivity contribution in [3.8, 4) is 11.1 Å². The number of ether oxygens (including phenoxy) is 1. The van der Waals surface area contributed by atoms with E-state index in [-0.39, 0.29) is 0 Å². The van der Waals surface area contributed by atoms with Crippen LogP contribution in [0.4, 0.5) is 5.69 Å². The summed E-state index contributed by atoms with van der Waals surface area (Å²) in [7, 11) is 0. The van der Waals surface area contributed by atoms with Crippen LogP contribution in [0.15, 0.2) is 59.0 Å². The fourth-order valence-corrected chi connectivity index (χ4v) is 3.06. The molecule has 0 aliphatic carbocycles. The first-order chi connectivity index (χ1) is 13.4. The number of amides is 1. The van der Waals surface area contributed by atoms with Crippen LogP contribution in [0.1, 0.15) is 34.4 Å². The Labute approximate surface area is 164 Å². The lowest BCUT2D eigenvalue weighted by Gasteiger charge is -2.16. The SMILES string of the molecule is Cc1oc(C)c(C(=O)O[C@@H](C)C(=O)Nc2ccccc2-c2ccccc2)c1C. The Morgan fingerprint density at radius 3 is 2.21 bits per heavy atom. The Bertz CT molecular complexity index is 1000. The normalized spacial score (nSPS) is 11.7. The molecule has 0 bridgehead atoms. The van der Waals surface area contributed by atoms with E-state index >= 15 is 0 Å². The van der Waals surface area contributed by atoms with Gasteiger partial charge < -0.3 is 14.5 Å². The number of para-hydroxylation sites is 1. The number of carbonyl (C=O) groups is 2. The van der Waals surface area contributed by atoms with Crippen molar-refractivity contribution in [2.75, 3.05) is 5.32 Å². The summed E-state index contributed by atoms with van der Waals surface area (Å²) >= 11 is 0. The minimum Gasteiger partial charge on any atom is -0.465 e. The summed E-state index contributed by atoms with van der Waals surface area (Å²) in [6.07, 6.45) is -0.953. The van der Waals surface area contributed by atoms with Gasteiger partial charge in [0.2, 0.25) is 0 Å². The molecule has 0 spiro atoms. The van der Waals surface area contributed by atoms with E-state index in [0.29, 0.717) is 22.8 Å². The van der Waals surface area contributed by atoms with E-state index in [0.717, 1.165) is 16.7 Å². The van der Waals surface area contributed by atoms with Crippen LogP contribution in [0.25, 0.3) is 11.1 Å². The number of aryl methyl sites for hydroxylation is 2. The van der Waals surface area contributed by atoms with Crippen molar-refractivity contribution in [3.63, 3.8) is 0 Å². The maximum atomic E-state index is 12.6. The number of anilines is 1. The van der Waals surface area contributed by atoms with Crippen LogP contribution in [-0.2, 0) is 9.53 Å². The number of esters is 1. The van der Waals surface area contributed by atoms with E-state index in [4.69, 9.17) is 9.15 Å². The third-order valence-corrected chi connectivity index (χ3v) is 4.69. The molecule has 1 N–H and O–H groups in total. The predicted octanol–water partition coefficient (Wildman–Crippen LogP) is 5.06. The summed E-state index contributed by atoms with van der Waals surface area (Å²) in [5.74, 6) is 0.193. The monoisotopic (exact) mass is 377 g/mol. The maximum Gasteiger partial charge on any atom is 0.342 e. The molecule has 0 unspecified atom stereocenters. The lowest BCUT2D eigenvalue weighted by atomic mass is 10.0. The quantitative estimate of drug-likeness (QED) is 0.631. The van der Waals surface area contributed by atoms with Gasteiger partial charge in [0.05, 0.1) is 0 Å². The highest BCUT2D eigenvalue weighted by Gasteiger charge is 2.25. The molecule has 1 heterocycles. The molecule has 5 nitrogen and oxygen atoms in total. The fraction of sp³-hybridized carbons (Fsp3) is 0.217. The molecular weight excluding hydrogens is 354 g/mol. The Balaban J connectivity index is 1.74. The lowest BCUT2D eigenvalue weighted by Crippen LogP contribution is -2.30. The predicted molar refractivity (Wildman–Crippen MR) is 108 cm³/mol. The van der Waals surface area contributed by atoms with Crippen LogP contribution in [0.2, 0.25) is 0 Å². The second-order valence-electron chi connectivity index (χ2n) is 6.66. The largest absolute Gasteiger partial charge is 0.465 e. The highest BCUT2D eigenvalue weighted by Crippen LogP contribution is 2.28. The van der Waals surface area contributed by atoms with Crippen molar-refractivity contribution in [1.29, 1.82) is 0 Å². The Hall–Kier alpha value is -3.34. The number of hydrogen-bond acceptors (Lipinski definition) is 4. The van der Waals surface area contributed by atoms with Gasteiger partial charge in [-0.15, -0.1) is 0 Å². The summed E-state index contributed by atoms with van der Waals surface area (Å²) in [6.45, 7) is 6.84. The van der Waals surface area contributed by atoms with Gasteiger partial charge in [-0.1, -0.05) is 48.5 Å². The van der Waals surface area contributed by atoms with Crippen molar-refractivity contribution in [2.45, 2.75) is 33.8 Å². The van der Waals surface area contributed by atoms with Gasteiger partial charge in [0.1, 0.15) is 17.1 Å². The number of nitrogens with one attached hydrogen (secondary N) is 1. The van der Waals surface area contributed by atoms with Gasteiger partial charge in [-0.2, -0.15) is 0 Å². The standard InChI is InChI=1S/C23H23NO4/c1-14-15(2)27-16(3)21(14)23(26)28-17(4)22(25)24-20-13-9-8-12-19(20)18-10-6-5-7-11-18/h5-13,17H,1-4H3,(H,24,25)/t17-/m0/s1. The van der Waals surface area contributed by atoms with Gasteiger partial charge in [-0.05, 0) is 39.3 Å². The number of rotatable bonds is 5. The second kappa shape index (κ2) is 8.13. The highest BCUT2D eigenvalue weighted by atomic mass is 16.5. The van der Waals surface area contributed by atoms with Crippen molar-refractivity contribution in [2.24, 2.45) is 0 Å². The van der Waals surface area contributed by atoms with Crippen molar-refractivity contribution < 1.29 is 18.7 Å². The minimum absolute atomic E-state index is 0.377. The second-order valence-corrected chi connectivity index (χ2v) is 6.66. The van der Waals surface area contributed by atoms with Gasteiger partial charge in [-0.3, -0.25) is 4.79 Å². The van der Waals surface area contributed by atoms with Gasteiger partial charge in [0, 0.05) is 16.8 Å². The zero-order valence-electron chi connectivity index (χ0n) is 16.4. The average Bonchev–Trinajstić information content (AvgIpc) is 2.94. The molecular formula is C23H23NO4. The first-order valence-electron chi connectivity index (χ1n) is 9.11. The Morgan fingerprint density at radius 1 is 0.929 bits per heavy atom. The molecule has 0 aliphatic heterocycles. The van der Waals surface area contributed by atoms with Crippen LogP contribution in [0, 0.1) is 20.8 Å². The number of benzene rings is 2. The van der Waals surface area contributed by atoms with E-state index in [9.17, 15) is 9.59 Å². The van der Waals surface area contributed by atoms with Crippen LogP contribution in [0.3, 0.4) is 0 Å². The first kappa shape index (κ1) is 19.4. The molecule has 0 saturated carbocycles. The molecule has 0 fully saturated rings. The van der Waals surface area contributed by atoms with Gasteiger partial charge in [-0.25, -0.2) is 4.79 Å². The maximum absolute atomic E-state index is 12.6. The molecule has 1 amide bonds. The molecule has 28 heavy (non-hydrogen) atoms. The molecule has 144 valence electrons. The molecule has 1 aromatic heterocycles. The summed E-state index contributed by atoms with van der Waals surface area (Å²) in [5, 5.41) is 2.86. The third kappa shape index (κ3) is 3.98. The molecule has 0 radical (unpaired) electrons. The summed E-state index contributed by atoms with van der Waals surface area (Å²) in [4.78, 5) is 25.1. The summed E-state index contributed by atoms with van der Waals surface area (Å²) in [6, 6.07) is 17.3. The lowest BCUT2D eigenvalue weighted by molar-refractivity contribution is -0.123. The van der Waals surface area contributed by atoms with Gasteiger partial charge in [0.15, 0.2) is 6.10 Å². The topological polar surface area (TPSA) is 68.5 Å². The van der Waals surface area contributed by atoms with E-state index < -0.39 is 18.0 Å². The van der Waals surface area contributed by atoms with E-state index in [1.54, 1.807) is 27.7 Å². The Kier molecular flexibility index (Phi) is 5.64. The molecule has 2 aromatic carbocycles. The molecule has 3 rings (SSSR count). The van der Waals surface area contributed by atoms with Crippen LogP contribution < -0.4 is 5.32 Å². The van der Waals surface area contributed by atoms with E-state index in [1.807, 2.05) is 54.6 Å². The molecule has 1 atom stereocenters. The minimum atomic E-state index is -0.953. The molecule has 0 aliphatic rings. The summed E-state index contributed by atoms with van der Waals surface area (Å²) < 4.78 is 10.8. The smallest absolute Gasteiger partial charge is 0.342 e. The average molecular weight is 377 g/mol. The highest BCUT2D eigenvalue weighted by molar-refractivity contribution is 6.00. The third-order valence-electron chi connectivity index (χ3n) is 4.69. The Morgan fingerprint density at radius 2 is 1.57 bits per heavy atom. The molecule has 0 saturated heterocycles. The zero-order chi connectivity index (χ0) is 20.3. The van der Waals surface area contributed by atoms with Crippen LogP contribution in [-0.4, -0.2) is 18.0 Å². The molecule has 3 aromatic rings. The van der Waals surface area contributed by atoms with E-state index in [2.05, 4.69) is 5.32 Å². The first-order valence-corrected chi connectivity index (χ1v) is 9.11. The molecule has 5 heteroatoms. The van der Waals surface area contributed by atoms with E-state index in [1.165, 1.54) is 0 Å². The zero-order valence-corrected chi connectivity index (χ0v) is 16.4. The van der Waals surface area contributed by atoms with Crippen molar-refractivity contribution >= 4 is 17.6 Å². The number of hydrogen-bond donors (Lipinski definition) is 1. The van der Waals surface area contributed by atoms with Crippen LogP contribution in [0.5, 0.6) is 0 Å². The summed E-state index contributed by atoms with van der Waals surface area (Å²) in [5.41, 5.74) is 3.65. The number of carbonyl (C=O) groups excluding carboxylic acids is 2. The van der Waals surface area contributed by atoms with Crippen LogP contribution >= 0.6 is 0 Å². The van der Waals surface area contributed by atoms with Gasteiger partial charge in [0.25, 0.3) is 5.91 Å². The number of furan rings is 1.